The molecule has 0 aliphatic carbocycles. The maximum atomic E-state index is 11.8. The van der Waals surface area contributed by atoms with Crippen molar-refractivity contribution in [1.29, 1.82) is 0 Å². The van der Waals surface area contributed by atoms with Crippen molar-refractivity contribution in [2.75, 3.05) is 0 Å². The molecule has 3 heteroatoms. The molecule has 0 atom stereocenters. The van der Waals surface area contributed by atoms with Crippen LogP contribution in [0.5, 0.6) is 5.75 Å². The first kappa shape index (κ1) is 11.9. The molecule has 88 valence electrons. The van der Waals surface area contributed by atoms with Gasteiger partial charge in [0.15, 0.2) is 0 Å². The van der Waals surface area contributed by atoms with Crippen molar-refractivity contribution in [1.82, 2.24) is 0 Å². The van der Waals surface area contributed by atoms with Crippen molar-refractivity contribution in [3.05, 3.63) is 51.2 Å². The van der Waals surface area contributed by atoms with E-state index in [0.29, 0.717) is 11.3 Å². The fourth-order valence-corrected chi connectivity index (χ4v) is 2.49. The lowest BCUT2D eigenvalue weighted by molar-refractivity contribution is 0.0733. The zero-order valence-corrected chi connectivity index (χ0v) is 10.9. The lowest BCUT2D eigenvalue weighted by Gasteiger charge is -2.10. The third-order valence-corrected chi connectivity index (χ3v) is 3.24. The highest BCUT2D eigenvalue weighted by molar-refractivity contribution is 7.08. The van der Waals surface area contributed by atoms with Crippen LogP contribution in [0, 0.1) is 20.8 Å². The largest absolute Gasteiger partial charge is 0.422 e. The van der Waals surface area contributed by atoms with E-state index in [9.17, 15) is 4.79 Å². The second kappa shape index (κ2) is 4.72. The highest BCUT2D eigenvalue weighted by Gasteiger charge is 2.12. The number of aryl methyl sites for hydroxylation is 3. The van der Waals surface area contributed by atoms with Crippen LogP contribution in [-0.4, -0.2) is 5.97 Å². The maximum absolute atomic E-state index is 11.8. The summed E-state index contributed by atoms with van der Waals surface area (Å²) in [6, 6.07) is 5.80. The van der Waals surface area contributed by atoms with Gasteiger partial charge >= 0.3 is 5.97 Å². The second-order valence-electron chi connectivity index (χ2n) is 4.13. The van der Waals surface area contributed by atoms with Crippen LogP contribution in [0.4, 0.5) is 0 Å². The first-order chi connectivity index (χ1) is 8.08. The number of benzene rings is 1. The van der Waals surface area contributed by atoms with Crippen molar-refractivity contribution in [2.24, 2.45) is 0 Å². The molecule has 0 saturated heterocycles. The molecule has 0 radical (unpaired) electrons. The summed E-state index contributed by atoms with van der Waals surface area (Å²) in [5.41, 5.74) is 3.77. The van der Waals surface area contributed by atoms with Crippen LogP contribution in [0.1, 0.15) is 27.0 Å². The number of esters is 1. The van der Waals surface area contributed by atoms with Crippen LogP contribution in [0.3, 0.4) is 0 Å². The molecule has 2 aromatic rings. The van der Waals surface area contributed by atoms with E-state index in [0.717, 1.165) is 11.1 Å². The van der Waals surface area contributed by atoms with Gasteiger partial charge in [0.2, 0.25) is 0 Å². The van der Waals surface area contributed by atoms with Crippen molar-refractivity contribution in [3.8, 4) is 5.75 Å². The summed E-state index contributed by atoms with van der Waals surface area (Å²) in [5, 5.41) is 3.66. The molecular weight excluding hydrogens is 232 g/mol. The van der Waals surface area contributed by atoms with Crippen molar-refractivity contribution < 1.29 is 9.53 Å². The van der Waals surface area contributed by atoms with E-state index in [1.54, 1.807) is 11.4 Å². The highest BCUT2D eigenvalue weighted by Crippen LogP contribution is 2.25. The molecule has 0 saturated carbocycles. The summed E-state index contributed by atoms with van der Waals surface area (Å²) >= 11 is 1.49. The fourth-order valence-electron chi connectivity index (χ4n) is 1.86. The predicted molar refractivity (Wildman–Crippen MR) is 69.9 cm³/mol. The van der Waals surface area contributed by atoms with Crippen LogP contribution < -0.4 is 4.74 Å². The van der Waals surface area contributed by atoms with Gasteiger partial charge in [0.05, 0.1) is 5.56 Å². The molecule has 0 bridgehead atoms. The Balaban J connectivity index is 2.28. The van der Waals surface area contributed by atoms with Crippen LogP contribution in [0.25, 0.3) is 0 Å². The summed E-state index contributed by atoms with van der Waals surface area (Å²) < 4.78 is 5.44. The molecule has 17 heavy (non-hydrogen) atoms. The minimum absolute atomic E-state index is 0.290. The summed E-state index contributed by atoms with van der Waals surface area (Å²) in [4.78, 5) is 11.8. The van der Waals surface area contributed by atoms with Gasteiger partial charge in [-0.15, -0.1) is 0 Å². The van der Waals surface area contributed by atoms with E-state index in [1.165, 1.54) is 16.9 Å². The number of hydrogen-bond donors (Lipinski definition) is 0. The molecule has 0 spiro atoms. The summed E-state index contributed by atoms with van der Waals surface area (Å²) in [7, 11) is 0. The van der Waals surface area contributed by atoms with E-state index in [4.69, 9.17) is 4.74 Å². The molecule has 0 N–H and O–H groups in total. The average Bonchev–Trinajstić information content (AvgIpc) is 2.76. The number of carbonyl (C=O) groups is 1. The molecule has 1 aromatic heterocycles. The number of hydrogen-bond acceptors (Lipinski definition) is 3. The quantitative estimate of drug-likeness (QED) is 0.593. The SMILES string of the molecule is Cc1cc(C)c(OC(=O)c2ccsc2)c(C)c1. The Kier molecular flexibility index (Phi) is 3.29. The van der Waals surface area contributed by atoms with Gasteiger partial charge in [-0.2, -0.15) is 11.3 Å². The van der Waals surface area contributed by atoms with Crippen LogP contribution in [-0.2, 0) is 0 Å². The van der Waals surface area contributed by atoms with Gasteiger partial charge in [-0.05, 0) is 43.3 Å². The number of rotatable bonds is 2. The Labute approximate surface area is 105 Å². The molecule has 2 rings (SSSR count). The Morgan fingerprint density at radius 3 is 2.35 bits per heavy atom. The third-order valence-electron chi connectivity index (χ3n) is 2.56. The highest BCUT2D eigenvalue weighted by atomic mass is 32.1. The zero-order chi connectivity index (χ0) is 12.4. The Morgan fingerprint density at radius 1 is 1.18 bits per heavy atom. The molecule has 0 aliphatic rings. The third kappa shape index (κ3) is 2.56. The van der Waals surface area contributed by atoms with Crippen LogP contribution in [0.15, 0.2) is 29.0 Å². The first-order valence-electron chi connectivity index (χ1n) is 5.40. The van der Waals surface area contributed by atoms with Crippen LogP contribution in [0.2, 0.25) is 0 Å². The fraction of sp³-hybridized carbons (Fsp3) is 0.214. The lowest BCUT2D eigenvalue weighted by atomic mass is 10.1. The van der Waals surface area contributed by atoms with Gasteiger partial charge in [-0.3, -0.25) is 0 Å². The minimum Gasteiger partial charge on any atom is -0.422 e. The smallest absolute Gasteiger partial charge is 0.344 e. The van der Waals surface area contributed by atoms with Crippen molar-refractivity contribution >= 4 is 17.3 Å². The van der Waals surface area contributed by atoms with E-state index in [-0.39, 0.29) is 5.97 Å². The number of carbonyl (C=O) groups excluding carboxylic acids is 1. The Hall–Kier alpha value is -1.61. The van der Waals surface area contributed by atoms with E-state index < -0.39 is 0 Å². The molecular formula is C14H14O2S. The summed E-state index contributed by atoms with van der Waals surface area (Å²) in [6.07, 6.45) is 0. The van der Waals surface area contributed by atoms with Gasteiger partial charge in [-0.1, -0.05) is 17.7 Å². The lowest BCUT2D eigenvalue weighted by Crippen LogP contribution is -2.09. The number of ether oxygens (including phenoxy) is 1. The Morgan fingerprint density at radius 2 is 1.82 bits per heavy atom. The number of thiophene rings is 1. The topological polar surface area (TPSA) is 26.3 Å². The molecule has 0 unspecified atom stereocenters. The van der Waals surface area contributed by atoms with Gasteiger partial charge in [0, 0.05) is 5.38 Å². The minimum atomic E-state index is -0.290. The summed E-state index contributed by atoms with van der Waals surface area (Å²) in [6.45, 7) is 5.94. The molecule has 0 amide bonds. The van der Waals surface area contributed by atoms with E-state index in [2.05, 4.69) is 0 Å². The van der Waals surface area contributed by atoms with Crippen molar-refractivity contribution in [2.45, 2.75) is 20.8 Å². The normalized spacial score (nSPS) is 10.3. The van der Waals surface area contributed by atoms with Gasteiger partial charge in [0.25, 0.3) is 0 Å². The van der Waals surface area contributed by atoms with Gasteiger partial charge in [0.1, 0.15) is 5.75 Å². The molecule has 2 nitrogen and oxygen atoms in total. The predicted octanol–water partition coefficient (Wildman–Crippen LogP) is 3.89. The van der Waals surface area contributed by atoms with Crippen molar-refractivity contribution in [3.63, 3.8) is 0 Å². The van der Waals surface area contributed by atoms with Gasteiger partial charge in [-0.25, -0.2) is 4.79 Å². The van der Waals surface area contributed by atoms with E-state index in [1.807, 2.05) is 38.3 Å². The van der Waals surface area contributed by atoms with Crippen LogP contribution >= 0.6 is 11.3 Å². The standard InChI is InChI=1S/C14H14O2S/c1-9-6-10(2)13(11(3)7-9)16-14(15)12-4-5-17-8-12/h4-8H,1-3H3. The maximum Gasteiger partial charge on any atom is 0.344 e. The molecule has 0 fully saturated rings. The molecule has 1 aromatic carbocycles. The first-order valence-corrected chi connectivity index (χ1v) is 6.34. The summed E-state index contributed by atoms with van der Waals surface area (Å²) in [5.74, 6) is 0.383. The molecule has 0 aliphatic heterocycles. The monoisotopic (exact) mass is 246 g/mol. The average molecular weight is 246 g/mol. The van der Waals surface area contributed by atoms with E-state index >= 15 is 0 Å². The van der Waals surface area contributed by atoms with Gasteiger partial charge < -0.3 is 4.74 Å². The zero-order valence-electron chi connectivity index (χ0n) is 10.1. The Bertz CT molecular complexity index is 518. The molecule has 1 heterocycles. The second-order valence-corrected chi connectivity index (χ2v) is 4.91.